The Morgan fingerprint density at radius 2 is 2.00 bits per heavy atom. The lowest BCUT2D eigenvalue weighted by Crippen LogP contribution is -2.01. The molecule has 0 bridgehead atoms. The minimum absolute atomic E-state index is 0.998. The van der Waals surface area contributed by atoms with Crippen molar-refractivity contribution in [1.82, 2.24) is 0 Å². The summed E-state index contributed by atoms with van der Waals surface area (Å²) in [5.41, 5.74) is 0. The van der Waals surface area contributed by atoms with Gasteiger partial charge in [0.2, 0.25) is 0 Å². The van der Waals surface area contributed by atoms with Crippen molar-refractivity contribution in [2.24, 2.45) is 0 Å². The van der Waals surface area contributed by atoms with Crippen LogP contribution in [0.3, 0.4) is 0 Å². The van der Waals surface area contributed by atoms with Crippen LogP contribution in [-0.4, -0.2) is 11.0 Å². The second-order valence-corrected chi connectivity index (χ2v) is 1.09. The van der Waals surface area contributed by atoms with Crippen molar-refractivity contribution >= 4 is 22.6 Å². The Morgan fingerprint density at radius 3 is 2.00 bits per heavy atom. The van der Waals surface area contributed by atoms with Crippen LogP contribution in [0.5, 0.6) is 0 Å². The molecule has 7 heavy (non-hydrogen) atoms. The van der Waals surface area contributed by atoms with Gasteiger partial charge >= 0.3 is 5.24 Å². The molecule has 0 fully saturated rings. The van der Waals surface area contributed by atoms with Crippen molar-refractivity contribution in [2.45, 2.75) is 0 Å². The van der Waals surface area contributed by atoms with Gasteiger partial charge in [-0.3, -0.25) is 9.59 Å². The monoisotopic (exact) mass is 116 g/mol. The Hall–Kier alpha value is -0.810. The van der Waals surface area contributed by atoms with E-state index in [4.69, 9.17) is 0 Å². The van der Waals surface area contributed by atoms with E-state index >= 15 is 0 Å². The average Bonchev–Trinajstić information content (AvgIpc) is 1.65. The molecule has 0 saturated heterocycles. The first-order chi connectivity index (χ1) is 3.18. The fourth-order valence-corrected chi connectivity index (χ4v) is 0.111. The lowest BCUT2D eigenvalue weighted by atomic mass is 10.5. The highest BCUT2D eigenvalue weighted by molar-refractivity contribution is 6.83. The molecule has 0 N–H and O–H groups in total. The third-order valence-corrected chi connectivity index (χ3v) is 0.481. The van der Waals surface area contributed by atoms with Gasteiger partial charge in [0.15, 0.2) is 0 Å². The third kappa shape index (κ3) is 1.96. The summed E-state index contributed by atoms with van der Waals surface area (Å²) >= 11 is 4.60. The van der Waals surface area contributed by atoms with Crippen molar-refractivity contribution in [2.75, 3.05) is 0 Å². The standard InChI is InChI=1S/C4HClO2/c1-2-3(6)4(5)7/h1H. The highest BCUT2D eigenvalue weighted by Gasteiger charge is 2.02. The Balaban J connectivity index is 3.90. The Bertz CT molecular complexity index is 142. The molecular weight excluding hydrogens is 115 g/mol. The van der Waals surface area contributed by atoms with Gasteiger partial charge in [-0.05, 0) is 17.5 Å². The normalized spacial score (nSPS) is 6.86. The van der Waals surface area contributed by atoms with Crippen LogP contribution in [-0.2, 0) is 9.59 Å². The first kappa shape index (κ1) is 6.19. The van der Waals surface area contributed by atoms with Crippen LogP contribution in [0.25, 0.3) is 0 Å². The van der Waals surface area contributed by atoms with Gasteiger partial charge in [0, 0.05) is 0 Å². The number of hydrogen-bond donors (Lipinski definition) is 0. The van der Waals surface area contributed by atoms with E-state index in [2.05, 4.69) is 18.0 Å². The van der Waals surface area contributed by atoms with Crippen LogP contribution in [0, 0.1) is 12.3 Å². The Labute approximate surface area is 45.5 Å². The van der Waals surface area contributed by atoms with Crippen molar-refractivity contribution in [1.29, 1.82) is 0 Å². The van der Waals surface area contributed by atoms with Gasteiger partial charge in [0.05, 0.1) is 0 Å². The number of halogens is 1. The molecule has 2 nitrogen and oxygen atoms in total. The van der Waals surface area contributed by atoms with E-state index < -0.39 is 11.0 Å². The molecule has 0 saturated carbocycles. The van der Waals surface area contributed by atoms with Gasteiger partial charge in [0.25, 0.3) is 5.78 Å². The van der Waals surface area contributed by atoms with E-state index in [1.54, 1.807) is 5.92 Å². The zero-order valence-corrected chi connectivity index (χ0v) is 4.03. The molecule has 0 atom stereocenters. The first-order valence-electron chi connectivity index (χ1n) is 1.39. The van der Waals surface area contributed by atoms with Crippen molar-refractivity contribution in [3.63, 3.8) is 0 Å². The zero-order chi connectivity index (χ0) is 5.86. The molecule has 0 aliphatic heterocycles. The summed E-state index contributed by atoms with van der Waals surface area (Å²) in [5, 5.41) is -1.11. The molecule has 36 valence electrons. The Kier molecular flexibility index (Phi) is 2.10. The SMILES string of the molecule is C#CC(=O)C(=O)Cl. The summed E-state index contributed by atoms with van der Waals surface area (Å²) in [6.45, 7) is 0. The molecule has 0 rings (SSSR count). The largest absolute Gasteiger partial charge is 0.301 e. The predicted molar refractivity (Wildman–Crippen MR) is 24.7 cm³/mol. The maximum absolute atomic E-state index is 9.79. The van der Waals surface area contributed by atoms with Crippen LogP contribution in [0.4, 0.5) is 0 Å². The van der Waals surface area contributed by atoms with Crippen LogP contribution in [0.2, 0.25) is 0 Å². The summed E-state index contributed by atoms with van der Waals surface area (Å²) in [4.78, 5) is 19.4. The molecular formula is C4HClO2. The van der Waals surface area contributed by atoms with E-state index in [9.17, 15) is 9.59 Å². The molecule has 0 radical (unpaired) electrons. The molecule has 0 aliphatic rings. The molecule has 3 heteroatoms. The maximum Gasteiger partial charge on any atom is 0.301 e. The minimum atomic E-state index is -1.11. The van der Waals surface area contributed by atoms with Crippen molar-refractivity contribution < 1.29 is 9.59 Å². The zero-order valence-electron chi connectivity index (χ0n) is 3.27. The highest BCUT2D eigenvalue weighted by atomic mass is 35.5. The third-order valence-electron chi connectivity index (χ3n) is 0.310. The summed E-state index contributed by atoms with van der Waals surface area (Å²) < 4.78 is 0. The molecule has 0 amide bonds. The van der Waals surface area contributed by atoms with E-state index in [0.29, 0.717) is 0 Å². The van der Waals surface area contributed by atoms with Gasteiger partial charge in [-0.2, -0.15) is 0 Å². The smallest absolute Gasteiger partial charge is 0.274 e. The van der Waals surface area contributed by atoms with Crippen LogP contribution >= 0.6 is 11.6 Å². The number of carbonyl (C=O) groups excluding carboxylic acids is 2. The number of rotatable bonds is 1. The molecule has 0 spiro atoms. The molecule has 0 heterocycles. The number of carbonyl (C=O) groups is 2. The fourth-order valence-electron chi connectivity index (χ4n) is 0.0567. The highest BCUT2D eigenvalue weighted by Crippen LogP contribution is 1.77. The molecule has 0 aliphatic carbocycles. The van der Waals surface area contributed by atoms with Gasteiger partial charge < -0.3 is 0 Å². The van der Waals surface area contributed by atoms with Crippen molar-refractivity contribution in [3.05, 3.63) is 0 Å². The van der Waals surface area contributed by atoms with E-state index in [1.165, 1.54) is 0 Å². The summed E-state index contributed by atoms with van der Waals surface area (Å²) in [6.07, 6.45) is 4.47. The van der Waals surface area contributed by atoms with Crippen LogP contribution < -0.4 is 0 Å². The molecule has 0 aromatic rings. The van der Waals surface area contributed by atoms with Gasteiger partial charge in [-0.15, -0.1) is 6.42 Å². The van der Waals surface area contributed by atoms with Crippen LogP contribution in [0.15, 0.2) is 0 Å². The lowest BCUT2D eigenvalue weighted by molar-refractivity contribution is -0.128. The van der Waals surface area contributed by atoms with Gasteiger partial charge in [-0.25, -0.2) is 0 Å². The van der Waals surface area contributed by atoms with E-state index in [-0.39, 0.29) is 0 Å². The van der Waals surface area contributed by atoms with E-state index in [1.807, 2.05) is 0 Å². The summed E-state index contributed by atoms with van der Waals surface area (Å²) in [5.74, 6) is 0.546. The van der Waals surface area contributed by atoms with E-state index in [0.717, 1.165) is 0 Å². The topological polar surface area (TPSA) is 34.1 Å². The summed E-state index contributed by atoms with van der Waals surface area (Å²) in [6, 6.07) is 0. The minimum Gasteiger partial charge on any atom is -0.274 e. The van der Waals surface area contributed by atoms with Gasteiger partial charge in [-0.1, -0.05) is 0 Å². The van der Waals surface area contributed by atoms with Crippen LogP contribution in [0.1, 0.15) is 0 Å². The predicted octanol–water partition coefficient (Wildman–Crippen LogP) is -0.0459. The average molecular weight is 117 g/mol. The lowest BCUT2D eigenvalue weighted by Gasteiger charge is -1.70. The maximum atomic E-state index is 9.79. The first-order valence-corrected chi connectivity index (χ1v) is 1.76. The van der Waals surface area contributed by atoms with Crippen molar-refractivity contribution in [3.8, 4) is 12.3 Å². The number of Topliss-reactive ketones (excluding diaryl/α,β-unsaturated/α-hetero) is 1. The summed E-state index contributed by atoms with van der Waals surface area (Å²) in [7, 11) is 0. The number of ketones is 1. The second kappa shape index (κ2) is 2.38. The Morgan fingerprint density at radius 1 is 1.57 bits per heavy atom. The molecule has 0 aromatic carbocycles. The van der Waals surface area contributed by atoms with Gasteiger partial charge in [0.1, 0.15) is 0 Å². The molecule has 0 aromatic heterocycles. The quantitative estimate of drug-likeness (QED) is 0.208. The number of terminal acetylenes is 1. The fraction of sp³-hybridized carbons (Fsp3) is 0. The second-order valence-electron chi connectivity index (χ2n) is 0.747. The number of hydrogen-bond acceptors (Lipinski definition) is 2. The molecule has 0 unspecified atom stereocenters.